The van der Waals surface area contributed by atoms with Gasteiger partial charge in [0.1, 0.15) is 0 Å². The van der Waals surface area contributed by atoms with Crippen LogP contribution >= 0.6 is 22.6 Å². The predicted octanol–water partition coefficient (Wildman–Crippen LogP) is 4.30. The molecule has 0 spiro atoms. The fourth-order valence-electron chi connectivity index (χ4n) is 2.74. The molecule has 1 aliphatic carbocycles. The Hall–Kier alpha value is -0.290. The van der Waals surface area contributed by atoms with Gasteiger partial charge in [-0.1, -0.05) is 26.0 Å². The molecule has 1 saturated carbocycles. The van der Waals surface area contributed by atoms with Crippen LogP contribution < -0.4 is 5.32 Å². The summed E-state index contributed by atoms with van der Waals surface area (Å²) >= 11 is 2.39. The van der Waals surface area contributed by atoms with Gasteiger partial charge >= 0.3 is 0 Å². The van der Waals surface area contributed by atoms with Crippen molar-refractivity contribution in [3.8, 4) is 0 Å². The largest absolute Gasteiger partial charge is 0.381 e. The van der Waals surface area contributed by atoms with E-state index in [0.29, 0.717) is 12.1 Å². The second kappa shape index (κ2) is 5.78. The molecule has 3 unspecified atom stereocenters. The maximum absolute atomic E-state index is 5.84. The Morgan fingerprint density at radius 3 is 2.72 bits per heavy atom. The van der Waals surface area contributed by atoms with E-state index in [-0.39, 0.29) is 5.41 Å². The molecule has 1 aliphatic rings. The van der Waals surface area contributed by atoms with Crippen LogP contribution in [0.3, 0.4) is 0 Å². The van der Waals surface area contributed by atoms with Crippen LogP contribution in [0.4, 0.5) is 5.69 Å². The molecule has 100 valence electrons. The summed E-state index contributed by atoms with van der Waals surface area (Å²) < 4.78 is 7.13. The minimum absolute atomic E-state index is 0.259. The highest BCUT2D eigenvalue weighted by Crippen LogP contribution is 2.47. The average Bonchev–Trinajstić information content (AvgIpc) is 2.38. The lowest BCUT2D eigenvalue weighted by Gasteiger charge is -2.54. The fraction of sp³-hybridized carbons (Fsp3) is 0.600. The van der Waals surface area contributed by atoms with Crippen LogP contribution in [0.5, 0.6) is 0 Å². The number of rotatable bonds is 5. The number of para-hydroxylation sites is 1. The van der Waals surface area contributed by atoms with Crippen molar-refractivity contribution in [3.63, 3.8) is 0 Å². The highest BCUT2D eigenvalue weighted by molar-refractivity contribution is 14.1. The van der Waals surface area contributed by atoms with E-state index in [0.717, 1.165) is 19.4 Å². The molecule has 0 heterocycles. The summed E-state index contributed by atoms with van der Waals surface area (Å²) in [5, 5.41) is 3.69. The van der Waals surface area contributed by atoms with Crippen LogP contribution in [0.2, 0.25) is 0 Å². The number of nitrogens with one attached hydrogen (secondary N) is 1. The summed E-state index contributed by atoms with van der Waals surface area (Å²) in [6, 6.07) is 8.99. The van der Waals surface area contributed by atoms with Gasteiger partial charge in [-0.3, -0.25) is 0 Å². The number of ether oxygens (including phenoxy) is 1. The summed E-state index contributed by atoms with van der Waals surface area (Å²) in [6.07, 6.45) is 2.67. The first-order chi connectivity index (χ1) is 8.61. The lowest BCUT2D eigenvalue weighted by atomic mass is 9.61. The number of benzene rings is 1. The molecule has 1 aromatic rings. The zero-order valence-electron chi connectivity index (χ0n) is 11.4. The molecule has 0 saturated heterocycles. The molecule has 1 N–H and O–H groups in total. The Kier molecular flexibility index (Phi) is 4.54. The molecule has 0 aliphatic heterocycles. The van der Waals surface area contributed by atoms with E-state index in [1.54, 1.807) is 0 Å². The lowest BCUT2D eigenvalue weighted by molar-refractivity contribution is -0.109. The van der Waals surface area contributed by atoms with Crippen LogP contribution in [0.25, 0.3) is 0 Å². The van der Waals surface area contributed by atoms with Crippen LogP contribution in [0, 0.1) is 8.99 Å². The molecule has 0 amide bonds. The van der Waals surface area contributed by atoms with Crippen molar-refractivity contribution < 1.29 is 4.74 Å². The quantitative estimate of drug-likeness (QED) is 0.792. The molecule has 0 aromatic heterocycles. The Morgan fingerprint density at radius 1 is 1.39 bits per heavy atom. The summed E-state index contributed by atoms with van der Waals surface area (Å²) in [4.78, 5) is 0. The fourth-order valence-corrected chi connectivity index (χ4v) is 3.28. The first-order valence-electron chi connectivity index (χ1n) is 6.74. The summed E-state index contributed by atoms with van der Waals surface area (Å²) in [7, 11) is 0. The van der Waals surface area contributed by atoms with Crippen LogP contribution in [-0.4, -0.2) is 18.8 Å². The number of hydrogen-bond acceptors (Lipinski definition) is 2. The van der Waals surface area contributed by atoms with Gasteiger partial charge in [-0.05, 0) is 54.5 Å². The molecule has 3 atom stereocenters. The van der Waals surface area contributed by atoms with Gasteiger partial charge in [-0.15, -0.1) is 0 Å². The molecule has 0 bridgehead atoms. The monoisotopic (exact) mass is 359 g/mol. The van der Waals surface area contributed by atoms with Crippen molar-refractivity contribution in [1.82, 2.24) is 0 Å². The van der Waals surface area contributed by atoms with Gasteiger partial charge in [-0.25, -0.2) is 0 Å². The van der Waals surface area contributed by atoms with Crippen LogP contribution in [-0.2, 0) is 4.74 Å². The summed E-state index contributed by atoms with van der Waals surface area (Å²) in [5.41, 5.74) is 1.51. The smallest absolute Gasteiger partial charge is 0.0667 e. The highest BCUT2D eigenvalue weighted by atomic mass is 127. The Bertz CT molecular complexity index is 409. The van der Waals surface area contributed by atoms with E-state index in [9.17, 15) is 0 Å². The van der Waals surface area contributed by atoms with Gasteiger partial charge in [0.15, 0.2) is 0 Å². The molecule has 2 rings (SSSR count). The van der Waals surface area contributed by atoms with E-state index in [4.69, 9.17) is 4.74 Å². The first kappa shape index (κ1) is 14.1. The van der Waals surface area contributed by atoms with Crippen molar-refractivity contribution in [2.24, 2.45) is 5.41 Å². The summed E-state index contributed by atoms with van der Waals surface area (Å²) in [6.45, 7) is 7.49. The topological polar surface area (TPSA) is 21.3 Å². The molecule has 3 heteroatoms. The Morgan fingerprint density at radius 2 is 2.11 bits per heavy atom. The van der Waals surface area contributed by atoms with E-state index >= 15 is 0 Å². The van der Waals surface area contributed by atoms with Gasteiger partial charge in [-0.2, -0.15) is 0 Å². The average molecular weight is 359 g/mol. The van der Waals surface area contributed by atoms with Crippen molar-refractivity contribution in [2.75, 3.05) is 11.9 Å². The standard InChI is InChI=1S/C15H22INO/c1-4-15(3)13(10-14(15)18-5-2)17-12-9-7-6-8-11(12)16/h6-9,13-14,17H,4-5,10H2,1-3H3. The van der Waals surface area contributed by atoms with Crippen molar-refractivity contribution in [1.29, 1.82) is 0 Å². The lowest BCUT2D eigenvalue weighted by Crippen LogP contribution is -2.59. The Labute approximate surface area is 124 Å². The maximum atomic E-state index is 5.84. The van der Waals surface area contributed by atoms with Crippen LogP contribution in [0.15, 0.2) is 24.3 Å². The molecule has 0 radical (unpaired) electrons. The predicted molar refractivity (Wildman–Crippen MR) is 85.0 cm³/mol. The maximum Gasteiger partial charge on any atom is 0.0667 e. The normalized spacial score (nSPS) is 30.9. The highest BCUT2D eigenvalue weighted by Gasteiger charge is 2.51. The molecular formula is C15H22INO. The molecule has 2 nitrogen and oxygen atoms in total. The van der Waals surface area contributed by atoms with Gasteiger partial charge < -0.3 is 10.1 Å². The van der Waals surface area contributed by atoms with Gasteiger partial charge in [0, 0.05) is 27.3 Å². The summed E-state index contributed by atoms with van der Waals surface area (Å²) in [5.74, 6) is 0. The number of hydrogen-bond donors (Lipinski definition) is 1. The van der Waals surface area contributed by atoms with Crippen molar-refractivity contribution in [2.45, 2.75) is 45.8 Å². The van der Waals surface area contributed by atoms with Gasteiger partial charge in [0.05, 0.1) is 6.10 Å². The van der Waals surface area contributed by atoms with Crippen LogP contribution in [0.1, 0.15) is 33.6 Å². The molecular weight excluding hydrogens is 337 g/mol. The van der Waals surface area contributed by atoms with E-state index in [1.165, 1.54) is 9.26 Å². The third-order valence-electron chi connectivity index (χ3n) is 4.31. The second-order valence-electron chi connectivity index (χ2n) is 5.22. The second-order valence-corrected chi connectivity index (χ2v) is 6.38. The third kappa shape index (κ3) is 2.52. The SMILES string of the molecule is CCOC1CC(Nc2ccccc2I)C1(C)CC. The van der Waals surface area contributed by atoms with Crippen molar-refractivity contribution >= 4 is 28.3 Å². The Balaban J connectivity index is 2.06. The van der Waals surface area contributed by atoms with Gasteiger partial charge in [0.25, 0.3) is 0 Å². The van der Waals surface area contributed by atoms with E-state index in [1.807, 2.05) is 0 Å². The zero-order chi connectivity index (χ0) is 13.2. The minimum atomic E-state index is 0.259. The minimum Gasteiger partial charge on any atom is -0.381 e. The molecule has 1 aromatic carbocycles. The third-order valence-corrected chi connectivity index (χ3v) is 5.26. The van der Waals surface area contributed by atoms with E-state index in [2.05, 4.69) is 72.9 Å². The van der Waals surface area contributed by atoms with Gasteiger partial charge in [0.2, 0.25) is 0 Å². The number of anilines is 1. The van der Waals surface area contributed by atoms with E-state index < -0.39 is 0 Å². The molecule has 1 fully saturated rings. The zero-order valence-corrected chi connectivity index (χ0v) is 13.5. The van der Waals surface area contributed by atoms with Crippen molar-refractivity contribution in [3.05, 3.63) is 27.8 Å². The molecule has 18 heavy (non-hydrogen) atoms. The first-order valence-corrected chi connectivity index (χ1v) is 7.82. The number of halogens is 1.